The Morgan fingerprint density at radius 1 is 0.256 bits per heavy atom. The van der Waals surface area contributed by atoms with Crippen LogP contribution in [0.5, 0.6) is 0 Å². The highest BCUT2D eigenvalue weighted by molar-refractivity contribution is 5.71. The van der Waals surface area contributed by atoms with Gasteiger partial charge in [-0.25, -0.2) is 0 Å². The number of esters is 3. The maximum absolute atomic E-state index is 12.9. The van der Waals surface area contributed by atoms with E-state index in [1.165, 1.54) is 51.4 Å². The van der Waals surface area contributed by atoms with Gasteiger partial charge >= 0.3 is 17.9 Å². The van der Waals surface area contributed by atoms with Crippen molar-refractivity contribution in [2.24, 2.45) is 0 Å². The van der Waals surface area contributed by atoms with Crippen LogP contribution in [0.4, 0.5) is 0 Å². The molecule has 0 fully saturated rings. The molecular formula is C76H118O6. The standard InChI is InChI=1S/C76H118O6/c1-4-7-10-13-16-19-22-25-27-29-31-33-35-36-37-38-39-40-42-43-45-47-49-51-54-57-60-63-66-69-75(78)81-72-73(71-80-74(77)68-65-62-59-56-53-24-21-18-15-12-9-6-3)82-76(79)70-67-64-61-58-55-52-50-48-46-44-41-34-32-30-28-26-23-20-17-14-11-8-5-2/h7-8,10-11,16-21,25-28,31-34,36-37,39-40,43-46,49,51,57,60,73H,4-6,9,12-15,22-24,29-30,35,38,41-42,47-48,50,52-56,58-59,61-72H2,1-3H3/b10-7-,11-8-,19-16-,20-17-,21-18-,27-25-,28-26-,33-31-,34-32-,37-36-,40-39-,45-43-,46-44-,51-49-,60-57-. The van der Waals surface area contributed by atoms with Crippen LogP contribution in [0.1, 0.15) is 258 Å². The van der Waals surface area contributed by atoms with Crippen LogP contribution in [-0.2, 0) is 28.6 Å². The van der Waals surface area contributed by atoms with E-state index < -0.39 is 6.10 Å². The van der Waals surface area contributed by atoms with Gasteiger partial charge in [0, 0.05) is 19.3 Å². The van der Waals surface area contributed by atoms with Gasteiger partial charge in [-0.3, -0.25) is 14.4 Å². The predicted octanol–water partition coefficient (Wildman–Crippen LogP) is 22.8. The van der Waals surface area contributed by atoms with Crippen LogP contribution in [0.15, 0.2) is 182 Å². The van der Waals surface area contributed by atoms with Gasteiger partial charge in [0.1, 0.15) is 13.2 Å². The van der Waals surface area contributed by atoms with Crippen LogP contribution in [-0.4, -0.2) is 37.2 Å². The number of carbonyl (C=O) groups excluding carboxylic acids is 3. The number of unbranched alkanes of at least 4 members (excludes halogenated alkanes) is 16. The molecule has 6 nitrogen and oxygen atoms in total. The molecule has 0 aromatic rings. The van der Waals surface area contributed by atoms with Gasteiger partial charge in [-0.1, -0.05) is 267 Å². The Bertz CT molecular complexity index is 1920. The second kappa shape index (κ2) is 68.0. The molecule has 458 valence electrons. The highest BCUT2D eigenvalue weighted by Gasteiger charge is 2.19. The molecular weight excluding hydrogens is 1010 g/mol. The summed E-state index contributed by atoms with van der Waals surface area (Å²) in [5.41, 5.74) is 0. The Kier molecular flexibility index (Phi) is 63.5. The summed E-state index contributed by atoms with van der Waals surface area (Å²) in [6, 6.07) is 0. The minimum Gasteiger partial charge on any atom is -0.462 e. The molecule has 0 bridgehead atoms. The van der Waals surface area contributed by atoms with E-state index in [-0.39, 0.29) is 37.5 Å². The summed E-state index contributed by atoms with van der Waals surface area (Å²) in [7, 11) is 0. The molecule has 0 rings (SSSR count). The first kappa shape index (κ1) is 76.5. The van der Waals surface area contributed by atoms with Gasteiger partial charge in [-0.2, -0.15) is 0 Å². The Morgan fingerprint density at radius 2 is 0.488 bits per heavy atom. The highest BCUT2D eigenvalue weighted by atomic mass is 16.6. The smallest absolute Gasteiger partial charge is 0.306 e. The summed E-state index contributed by atoms with van der Waals surface area (Å²) < 4.78 is 16.8. The molecule has 0 N–H and O–H groups in total. The van der Waals surface area contributed by atoms with E-state index in [0.29, 0.717) is 19.3 Å². The van der Waals surface area contributed by atoms with Crippen LogP contribution < -0.4 is 0 Å². The van der Waals surface area contributed by atoms with E-state index in [1.807, 2.05) is 0 Å². The summed E-state index contributed by atoms with van der Waals surface area (Å²) in [6.07, 6.45) is 102. The average Bonchev–Trinajstić information content (AvgIpc) is 3.47. The largest absolute Gasteiger partial charge is 0.462 e. The second-order valence-corrected chi connectivity index (χ2v) is 20.9. The Morgan fingerprint density at radius 3 is 0.805 bits per heavy atom. The van der Waals surface area contributed by atoms with Gasteiger partial charge in [-0.05, 0) is 154 Å². The predicted molar refractivity (Wildman–Crippen MR) is 357 cm³/mol. The van der Waals surface area contributed by atoms with Crippen LogP contribution in [0.25, 0.3) is 0 Å². The molecule has 0 aromatic heterocycles. The van der Waals surface area contributed by atoms with Gasteiger partial charge in [0.05, 0.1) is 0 Å². The van der Waals surface area contributed by atoms with E-state index in [0.717, 1.165) is 161 Å². The molecule has 0 saturated carbocycles. The summed E-state index contributed by atoms with van der Waals surface area (Å²) in [5.74, 6) is -1.00. The number of carbonyl (C=O) groups is 3. The quantitative estimate of drug-likeness (QED) is 0.0261. The summed E-state index contributed by atoms with van der Waals surface area (Å²) in [5, 5.41) is 0. The molecule has 6 heteroatoms. The zero-order valence-corrected chi connectivity index (χ0v) is 52.4. The summed E-state index contributed by atoms with van der Waals surface area (Å²) in [4.78, 5) is 38.3. The van der Waals surface area contributed by atoms with Crippen molar-refractivity contribution in [3.05, 3.63) is 182 Å². The zero-order chi connectivity index (χ0) is 59.2. The minimum absolute atomic E-state index is 0.114. The van der Waals surface area contributed by atoms with Gasteiger partial charge in [0.2, 0.25) is 0 Å². The van der Waals surface area contributed by atoms with Crippen molar-refractivity contribution in [1.29, 1.82) is 0 Å². The molecule has 0 aliphatic carbocycles. The van der Waals surface area contributed by atoms with E-state index in [2.05, 4.69) is 203 Å². The van der Waals surface area contributed by atoms with Gasteiger partial charge < -0.3 is 14.2 Å². The van der Waals surface area contributed by atoms with Crippen molar-refractivity contribution in [2.45, 2.75) is 264 Å². The summed E-state index contributed by atoms with van der Waals surface area (Å²) in [6.45, 7) is 6.31. The maximum atomic E-state index is 12.9. The minimum atomic E-state index is -0.823. The Labute approximate surface area is 504 Å². The van der Waals surface area contributed by atoms with Crippen molar-refractivity contribution >= 4 is 17.9 Å². The monoisotopic (exact) mass is 1130 g/mol. The third-order valence-corrected chi connectivity index (χ3v) is 13.1. The highest BCUT2D eigenvalue weighted by Crippen LogP contribution is 2.14. The van der Waals surface area contributed by atoms with Crippen molar-refractivity contribution in [1.82, 2.24) is 0 Å². The fraction of sp³-hybridized carbons (Fsp3) is 0.566. The second-order valence-electron chi connectivity index (χ2n) is 20.9. The first-order valence-electron chi connectivity index (χ1n) is 32.8. The van der Waals surface area contributed by atoms with Crippen molar-refractivity contribution in [3.8, 4) is 0 Å². The lowest BCUT2D eigenvalue weighted by atomic mass is 10.1. The lowest BCUT2D eigenvalue weighted by Gasteiger charge is -2.18. The van der Waals surface area contributed by atoms with Crippen molar-refractivity contribution in [2.75, 3.05) is 13.2 Å². The number of allylic oxidation sites excluding steroid dienone is 30. The number of rotatable bonds is 57. The SMILES string of the molecule is CC/C=C\C/C=C\C/C=C\C/C=C\C/C=C\C/C=C\C/C=C\C/C=C\C/C=C\CCCC(=O)OCC(COC(=O)CCCCCCC/C=C\CCCCC)OC(=O)CCCCCCCCC/C=C\C/C=C\C/C=C\C/C=C\C/C=C\CC. The van der Waals surface area contributed by atoms with E-state index in [4.69, 9.17) is 14.2 Å². The lowest BCUT2D eigenvalue weighted by Crippen LogP contribution is -2.30. The first-order chi connectivity index (χ1) is 40.5. The van der Waals surface area contributed by atoms with Crippen molar-refractivity contribution in [3.63, 3.8) is 0 Å². The number of hydrogen-bond acceptors (Lipinski definition) is 6. The summed E-state index contributed by atoms with van der Waals surface area (Å²) >= 11 is 0. The molecule has 0 spiro atoms. The molecule has 1 unspecified atom stereocenters. The van der Waals surface area contributed by atoms with Crippen LogP contribution in [0.3, 0.4) is 0 Å². The molecule has 0 aliphatic rings. The Balaban J connectivity index is 4.48. The molecule has 0 amide bonds. The number of hydrogen-bond donors (Lipinski definition) is 0. The van der Waals surface area contributed by atoms with E-state index in [1.54, 1.807) is 0 Å². The maximum Gasteiger partial charge on any atom is 0.306 e. The molecule has 1 atom stereocenters. The molecule has 0 aliphatic heterocycles. The molecule has 0 saturated heterocycles. The van der Waals surface area contributed by atoms with Crippen LogP contribution >= 0.6 is 0 Å². The Hall–Kier alpha value is -5.49. The first-order valence-corrected chi connectivity index (χ1v) is 32.8. The van der Waals surface area contributed by atoms with Crippen molar-refractivity contribution < 1.29 is 28.6 Å². The van der Waals surface area contributed by atoms with E-state index >= 15 is 0 Å². The van der Waals surface area contributed by atoms with Crippen LogP contribution in [0.2, 0.25) is 0 Å². The zero-order valence-electron chi connectivity index (χ0n) is 52.4. The normalized spacial score (nSPS) is 13.4. The van der Waals surface area contributed by atoms with Gasteiger partial charge in [-0.15, -0.1) is 0 Å². The fourth-order valence-corrected chi connectivity index (χ4v) is 8.29. The lowest BCUT2D eigenvalue weighted by molar-refractivity contribution is -0.167. The molecule has 0 heterocycles. The fourth-order valence-electron chi connectivity index (χ4n) is 8.29. The molecule has 82 heavy (non-hydrogen) atoms. The van der Waals surface area contributed by atoms with Gasteiger partial charge in [0.25, 0.3) is 0 Å². The molecule has 0 aromatic carbocycles. The van der Waals surface area contributed by atoms with E-state index in [9.17, 15) is 14.4 Å². The third kappa shape index (κ3) is 65.3. The topological polar surface area (TPSA) is 78.9 Å². The number of ether oxygens (including phenoxy) is 3. The van der Waals surface area contributed by atoms with Gasteiger partial charge in [0.15, 0.2) is 6.10 Å². The third-order valence-electron chi connectivity index (χ3n) is 13.1. The average molecular weight is 1130 g/mol. The van der Waals surface area contributed by atoms with Crippen LogP contribution in [0, 0.1) is 0 Å². The molecule has 0 radical (unpaired) electrons.